The third-order valence-corrected chi connectivity index (χ3v) is 5.97. The number of halogens is 1. The Labute approximate surface area is 210 Å². The van der Waals surface area contributed by atoms with Crippen molar-refractivity contribution in [2.45, 2.75) is 44.7 Å². The number of fused-ring (bicyclic) bond motifs is 1. The number of hydrogen-bond donors (Lipinski definition) is 1. The van der Waals surface area contributed by atoms with Gasteiger partial charge in [0.25, 0.3) is 0 Å². The third-order valence-electron chi connectivity index (χ3n) is 5.14. The van der Waals surface area contributed by atoms with Crippen LogP contribution in [0.25, 0.3) is 22.0 Å². The van der Waals surface area contributed by atoms with Crippen LogP contribution in [-0.2, 0) is 11.3 Å². The molecule has 0 aliphatic heterocycles. The number of ether oxygens (including phenoxy) is 1. The van der Waals surface area contributed by atoms with E-state index in [1.54, 1.807) is 38.8 Å². The predicted molar refractivity (Wildman–Crippen MR) is 140 cm³/mol. The first-order valence-corrected chi connectivity index (χ1v) is 12.1. The Balaban J connectivity index is 1.95. The van der Waals surface area contributed by atoms with E-state index in [-0.39, 0.29) is 18.9 Å². The Kier molecular flexibility index (Phi) is 8.26. The summed E-state index contributed by atoms with van der Waals surface area (Å²) < 4.78 is 24.0. The van der Waals surface area contributed by atoms with E-state index in [0.717, 1.165) is 32.6 Å². The molecule has 0 unspecified atom stereocenters. The number of rotatable bonds is 7. The zero-order valence-corrected chi connectivity index (χ0v) is 21.8. The fraction of sp³-hybridized carbons (Fsp3) is 0.333. The summed E-state index contributed by atoms with van der Waals surface area (Å²) in [7, 11) is 3.97. The molecule has 1 heterocycles. The monoisotopic (exact) mass is 494 g/mol. The van der Waals surface area contributed by atoms with Crippen LogP contribution in [0.4, 0.5) is 9.18 Å². The van der Waals surface area contributed by atoms with E-state index in [2.05, 4.69) is 17.5 Å². The molecule has 0 radical (unpaired) electrons. The fourth-order valence-corrected chi connectivity index (χ4v) is 4.55. The van der Waals surface area contributed by atoms with Gasteiger partial charge in [-0.25, -0.2) is 9.18 Å². The molecular weight excluding hydrogens is 463 g/mol. The Bertz CT molecular complexity index is 1300. The average Bonchev–Trinajstić information content (AvgIpc) is 3.02. The molecule has 1 N–H and O–H groups in total. The Morgan fingerprint density at radius 1 is 1.26 bits per heavy atom. The number of allylic oxidation sites excluding steroid dienone is 1. The highest BCUT2D eigenvalue weighted by Crippen LogP contribution is 2.37. The first kappa shape index (κ1) is 26.3. The second-order valence-corrected chi connectivity index (χ2v) is 10.7. The third kappa shape index (κ3) is 6.87. The largest absolute Gasteiger partial charge is 0.444 e. The smallest absolute Gasteiger partial charge is 0.407 e. The summed E-state index contributed by atoms with van der Waals surface area (Å²) in [5, 5.41) is 12.9. The number of carbonyl (C=O) groups excluding carboxylic acids is 1. The highest BCUT2D eigenvalue weighted by atomic mass is 32.2. The molecule has 0 bridgehead atoms. The van der Waals surface area contributed by atoms with Crippen molar-refractivity contribution in [2.75, 3.05) is 20.6 Å². The summed E-state index contributed by atoms with van der Waals surface area (Å²) >= 11 is 1.62. The molecule has 0 atom stereocenters. The molecule has 0 aliphatic carbocycles. The summed E-state index contributed by atoms with van der Waals surface area (Å²) in [6, 6.07) is 15.8. The summed E-state index contributed by atoms with van der Waals surface area (Å²) in [5.41, 5.74) is 3.64. The van der Waals surface area contributed by atoms with Crippen LogP contribution in [0.1, 0.15) is 32.0 Å². The number of carbonyl (C=O) groups is 1. The first-order chi connectivity index (χ1) is 16.5. The lowest BCUT2D eigenvalue weighted by molar-refractivity contribution is 0.0534. The highest BCUT2D eigenvalue weighted by molar-refractivity contribution is 7.97. The van der Waals surface area contributed by atoms with Gasteiger partial charge in [-0.2, -0.15) is 5.26 Å². The molecule has 3 aromatic rings. The predicted octanol–water partition coefficient (Wildman–Crippen LogP) is 6.44. The van der Waals surface area contributed by atoms with Gasteiger partial charge >= 0.3 is 6.09 Å². The molecule has 1 aromatic heterocycles. The van der Waals surface area contributed by atoms with Crippen LogP contribution in [0.15, 0.2) is 59.3 Å². The lowest BCUT2D eigenvalue weighted by atomic mass is 10.0. The van der Waals surface area contributed by atoms with Crippen molar-refractivity contribution in [2.24, 2.45) is 0 Å². The second-order valence-electron chi connectivity index (χ2n) is 9.36. The van der Waals surface area contributed by atoms with Crippen molar-refractivity contribution >= 4 is 28.9 Å². The highest BCUT2D eigenvalue weighted by Gasteiger charge is 2.18. The molecule has 35 heavy (non-hydrogen) atoms. The number of nitrogens with one attached hydrogen (secondary N) is 1. The van der Waals surface area contributed by atoms with E-state index >= 15 is 0 Å². The van der Waals surface area contributed by atoms with Crippen LogP contribution in [0.2, 0.25) is 0 Å². The molecule has 0 saturated heterocycles. The van der Waals surface area contributed by atoms with E-state index < -0.39 is 11.7 Å². The topological polar surface area (TPSA) is 70.3 Å². The van der Waals surface area contributed by atoms with Crippen molar-refractivity contribution in [1.29, 1.82) is 5.26 Å². The van der Waals surface area contributed by atoms with Gasteiger partial charge in [0, 0.05) is 33.6 Å². The number of aromatic nitrogens is 1. The molecule has 0 fully saturated rings. The van der Waals surface area contributed by atoms with Crippen molar-refractivity contribution in [3.63, 3.8) is 0 Å². The van der Waals surface area contributed by atoms with Crippen molar-refractivity contribution in [3.8, 4) is 17.2 Å². The van der Waals surface area contributed by atoms with E-state index in [1.165, 1.54) is 6.08 Å². The lowest BCUT2D eigenvalue weighted by Crippen LogP contribution is -2.32. The number of benzene rings is 2. The van der Waals surface area contributed by atoms with E-state index in [9.17, 15) is 14.4 Å². The number of amides is 1. The van der Waals surface area contributed by atoms with Gasteiger partial charge in [0.05, 0.1) is 18.2 Å². The summed E-state index contributed by atoms with van der Waals surface area (Å²) in [6.45, 7) is 7.30. The molecule has 0 saturated carbocycles. The molecule has 2 aromatic carbocycles. The van der Waals surface area contributed by atoms with Gasteiger partial charge in [0.1, 0.15) is 11.4 Å². The van der Waals surface area contributed by atoms with Crippen molar-refractivity contribution < 1.29 is 13.9 Å². The van der Waals surface area contributed by atoms with Gasteiger partial charge in [-0.05, 0) is 95.7 Å². The van der Waals surface area contributed by atoms with E-state index in [1.807, 2.05) is 60.2 Å². The van der Waals surface area contributed by atoms with E-state index in [4.69, 9.17) is 4.74 Å². The molecule has 184 valence electrons. The normalized spacial score (nSPS) is 12.1. The minimum absolute atomic E-state index is 0.0103. The zero-order chi connectivity index (χ0) is 25.8. The lowest BCUT2D eigenvalue weighted by Gasteiger charge is -2.19. The number of alkyl carbamates (subject to hydrolysis) is 1. The number of hydrogen-bond acceptors (Lipinski definition) is 5. The molecule has 0 spiro atoms. The SMILES string of the molecule is Cc1c(-c2cccc(SN(C)C)c2)c2cc(C#N)ccc2n1C/C(F)=C/CNC(=O)OC(C)(C)C. The van der Waals surface area contributed by atoms with Gasteiger partial charge in [0.15, 0.2) is 0 Å². The van der Waals surface area contributed by atoms with Gasteiger partial charge in [-0.15, -0.1) is 0 Å². The van der Waals surface area contributed by atoms with Crippen LogP contribution in [0.3, 0.4) is 0 Å². The maximum atomic E-state index is 14.9. The molecule has 0 aliphatic rings. The van der Waals surface area contributed by atoms with Gasteiger partial charge in [-0.3, -0.25) is 4.31 Å². The van der Waals surface area contributed by atoms with Crippen LogP contribution < -0.4 is 5.32 Å². The Morgan fingerprint density at radius 2 is 2.00 bits per heavy atom. The fourth-order valence-electron chi connectivity index (χ4n) is 3.81. The molecule has 8 heteroatoms. The molecule has 6 nitrogen and oxygen atoms in total. The average molecular weight is 495 g/mol. The van der Waals surface area contributed by atoms with Gasteiger partial charge < -0.3 is 14.6 Å². The number of nitriles is 1. The van der Waals surface area contributed by atoms with Crippen LogP contribution in [-0.4, -0.2) is 41.2 Å². The van der Waals surface area contributed by atoms with Gasteiger partial charge in [0.2, 0.25) is 0 Å². The minimum atomic E-state index is -0.617. The van der Waals surface area contributed by atoms with Crippen molar-refractivity contribution in [1.82, 2.24) is 14.2 Å². The summed E-state index contributed by atoms with van der Waals surface area (Å²) in [5.74, 6) is -0.381. The second kappa shape index (κ2) is 11.0. The summed E-state index contributed by atoms with van der Waals surface area (Å²) in [4.78, 5) is 12.9. The van der Waals surface area contributed by atoms with Gasteiger partial charge in [-0.1, -0.05) is 12.1 Å². The maximum absolute atomic E-state index is 14.9. The molecule has 1 amide bonds. The number of nitrogens with zero attached hydrogens (tertiary/aromatic N) is 3. The minimum Gasteiger partial charge on any atom is -0.444 e. The maximum Gasteiger partial charge on any atom is 0.407 e. The van der Waals surface area contributed by atoms with Crippen molar-refractivity contribution in [3.05, 3.63) is 65.6 Å². The molecular formula is C27H31FN4O2S. The van der Waals surface area contributed by atoms with Crippen LogP contribution in [0, 0.1) is 18.3 Å². The van der Waals surface area contributed by atoms with Crippen LogP contribution in [0.5, 0.6) is 0 Å². The van der Waals surface area contributed by atoms with Crippen LogP contribution >= 0.6 is 11.9 Å². The Hall–Kier alpha value is -3.28. The standard InChI is InChI=1S/C27H31FN4O2S/c1-18-25(20-8-7-9-22(15-20)35-31(5)6)23-14-19(16-29)10-11-24(23)32(18)17-21(28)12-13-30-26(33)34-27(2,3)4/h7-12,14-15H,13,17H2,1-6H3,(H,30,33)/b21-12-. The van der Waals surface area contributed by atoms with E-state index in [0.29, 0.717) is 5.56 Å². The Morgan fingerprint density at radius 3 is 2.66 bits per heavy atom. The summed E-state index contributed by atoms with van der Waals surface area (Å²) in [6.07, 6.45) is 0.748. The quantitative estimate of drug-likeness (QED) is 0.383. The molecule has 3 rings (SSSR count). The first-order valence-electron chi connectivity index (χ1n) is 11.3. The zero-order valence-electron chi connectivity index (χ0n) is 21.0.